The number of oxazole rings is 2. The first kappa shape index (κ1) is 43.0. The first-order valence-corrected chi connectivity index (χ1v) is 24.1. The smallest absolute Gasteiger partial charge is 0.227 e. The van der Waals surface area contributed by atoms with Gasteiger partial charge in [-0.1, -0.05) is 122 Å². The Morgan fingerprint density at radius 1 is 0.479 bits per heavy atom. The van der Waals surface area contributed by atoms with Crippen LogP contribution in [0.4, 0.5) is 34.1 Å². The van der Waals surface area contributed by atoms with Crippen LogP contribution in [-0.4, -0.2) is 9.97 Å². The lowest BCUT2D eigenvalue weighted by molar-refractivity contribution is 0.564. The number of fused-ring (bicyclic) bond motifs is 3. The van der Waals surface area contributed by atoms with Gasteiger partial charge in [0.15, 0.2) is 11.3 Å². The Hall–Kier alpha value is -9.26. The number of hydrogen-bond donors (Lipinski definition) is 0. The van der Waals surface area contributed by atoms with E-state index in [1.165, 1.54) is 21.9 Å². The molecule has 0 N–H and O–H groups in total. The highest BCUT2D eigenvalue weighted by atomic mass is 16.4. The molecular formula is C65H48N4O2. The average Bonchev–Trinajstić information content (AvgIpc) is 4.07. The van der Waals surface area contributed by atoms with Crippen LogP contribution < -0.4 is 9.80 Å². The summed E-state index contributed by atoms with van der Waals surface area (Å²) in [6.07, 6.45) is 12.2. The summed E-state index contributed by atoms with van der Waals surface area (Å²) in [7, 11) is 0. The molecule has 1 aliphatic rings. The minimum absolute atomic E-state index is 0.561. The van der Waals surface area contributed by atoms with Crippen molar-refractivity contribution >= 4 is 74.2 Å². The highest BCUT2D eigenvalue weighted by molar-refractivity contribution is 5.90. The highest BCUT2D eigenvalue weighted by Gasteiger charge is 2.19. The molecule has 0 unspecified atom stereocenters. The zero-order valence-corrected chi connectivity index (χ0v) is 39.2. The van der Waals surface area contributed by atoms with E-state index < -0.39 is 0 Å². The number of benzene rings is 9. The molecule has 71 heavy (non-hydrogen) atoms. The standard InChI is InChI=1S/C65H48N4O2/c1-3-11-60-62(4-2)70-64(66-60)50-28-36-56(37-29-50)68(58-40-26-44-12-5-7-14-52(44)42-58)54-32-22-48(23-33-54)46-18-20-47(21-19-46)49-24-34-55(35-25-49)69(59-41-27-45-13-6-8-15-53(45)43-59)57-38-30-51(31-39-57)65-67-61-16-9-10-17-63(61)71-65/h3-7,9-14,16-43H,2,8,15H2,1H3/b11-3-. The van der Waals surface area contributed by atoms with Gasteiger partial charge in [0, 0.05) is 45.3 Å². The molecule has 340 valence electrons. The number of hydrogen-bond acceptors (Lipinski definition) is 6. The van der Waals surface area contributed by atoms with E-state index in [4.69, 9.17) is 18.8 Å². The third-order valence-electron chi connectivity index (χ3n) is 13.3. The summed E-state index contributed by atoms with van der Waals surface area (Å²) in [6, 6.07) is 73.2. The minimum Gasteiger partial charge on any atom is -0.436 e. The van der Waals surface area contributed by atoms with Crippen LogP contribution >= 0.6 is 0 Å². The van der Waals surface area contributed by atoms with Gasteiger partial charge in [-0.25, -0.2) is 9.97 Å². The van der Waals surface area contributed by atoms with Crippen molar-refractivity contribution < 1.29 is 8.83 Å². The van der Waals surface area contributed by atoms with Crippen LogP contribution in [-0.2, 0) is 6.42 Å². The van der Waals surface area contributed by atoms with Gasteiger partial charge in [-0.3, -0.25) is 0 Å². The first-order chi connectivity index (χ1) is 35.0. The van der Waals surface area contributed by atoms with E-state index in [-0.39, 0.29) is 0 Å². The van der Waals surface area contributed by atoms with Crippen molar-refractivity contribution in [3.05, 3.63) is 248 Å². The molecule has 2 heterocycles. The second kappa shape index (κ2) is 18.7. The minimum atomic E-state index is 0.561. The van der Waals surface area contributed by atoms with E-state index in [2.05, 4.69) is 211 Å². The fraction of sp³-hybridized carbons (Fsp3) is 0.0462. The van der Waals surface area contributed by atoms with Crippen LogP contribution in [0.5, 0.6) is 0 Å². The summed E-state index contributed by atoms with van der Waals surface area (Å²) < 4.78 is 12.2. The van der Waals surface area contributed by atoms with E-state index in [1.807, 2.05) is 43.3 Å². The summed E-state index contributed by atoms with van der Waals surface area (Å²) in [5, 5.41) is 2.38. The molecule has 11 aromatic rings. The Morgan fingerprint density at radius 3 is 1.55 bits per heavy atom. The molecule has 2 aromatic heterocycles. The second-order valence-corrected chi connectivity index (χ2v) is 17.8. The van der Waals surface area contributed by atoms with E-state index in [0.717, 1.165) is 97.1 Å². The van der Waals surface area contributed by atoms with Crippen molar-refractivity contribution in [2.75, 3.05) is 9.80 Å². The fourth-order valence-electron chi connectivity index (χ4n) is 9.62. The van der Waals surface area contributed by atoms with Gasteiger partial charge in [-0.2, -0.15) is 0 Å². The lowest BCUT2D eigenvalue weighted by atomic mass is 9.96. The maximum Gasteiger partial charge on any atom is 0.227 e. The third kappa shape index (κ3) is 8.53. The predicted molar refractivity (Wildman–Crippen MR) is 295 cm³/mol. The molecule has 0 amide bonds. The van der Waals surface area contributed by atoms with Crippen LogP contribution in [0.3, 0.4) is 0 Å². The van der Waals surface area contributed by atoms with Crippen LogP contribution in [0.1, 0.15) is 35.9 Å². The van der Waals surface area contributed by atoms with Gasteiger partial charge < -0.3 is 18.6 Å². The third-order valence-corrected chi connectivity index (χ3v) is 13.3. The van der Waals surface area contributed by atoms with Crippen molar-refractivity contribution in [1.29, 1.82) is 0 Å². The van der Waals surface area contributed by atoms with Crippen LogP contribution in [0.25, 0.3) is 85.3 Å². The van der Waals surface area contributed by atoms with Gasteiger partial charge in [0.2, 0.25) is 11.8 Å². The molecule has 0 spiro atoms. The molecule has 0 radical (unpaired) electrons. The largest absolute Gasteiger partial charge is 0.436 e. The molecule has 0 fully saturated rings. The number of anilines is 6. The van der Waals surface area contributed by atoms with Crippen molar-refractivity contribution in [2.45, 2.75) is 19.8 Å². The maximum atomic E-state index is 6.11. The fourth-order valence-corrected chi connectivity index (χ4v) is 9.62. The summed E-state index contributed by atoms with van der Waals surface area (Å²) in [4.78, 5) is 14.1. The van der Waals surface area contributed by atoms with Crippen molar-refractivity contribution in [2.24, 2.45) is 0 Å². The SMILES string of the molecule is C=Cc1oc(-c2ccc(N(c3ccc(-c4ccc(-c5ccc(N(c6ccc(-c7nc8ccccc8o7)cc6)c6ccc7c(c6)CCC=C7)cc5)cc4)cc3)c3ccc4ccccc4c3)cc2)nc1/C=C\C. The Morgan fingerprint density at radius 2 is 0.972 bits per heavy atom. The van der Waals surface area contributed by atoms with Gasteiger partial charge in [-0.15, -0.1) is 0 Å². The second-order valence-electron chi connectivity index (χ2n) is 17.8. The Bertz CT molecular complexity index is 3730. The normalized spacial score (nSPS) is 12.1. The molecule has 0 aliphatic heterocycles. The molecule has 6 nitrogen and oxygen atoms in total. The summed E-state index contributed by atoms with van der Waals surface area (Å²) >= 11 is 0. The van der Waals surface area contributed by atoms with Gasteiger partial charge in [0.25, 0.3) is 0 Å². The van der Waals surface area contributed by atoms with Gasteiger partial charge in [-0.05, 0) is 185 Å². The number of nitrogens with zero attached hydrogens (tertiary/aromatic N) is 4. The van der Waals surface area contributed by atoms with Crippen molar-refractivity contribution in [3.63, 3.8) is 0 Å². The van der Waals surface area contributed by atoms with Crippen LogP contribution in [0, 0.1) is 0 Å². The predicted octanol–water partition coefficient (Wildman–Crippen LogP) is 18.2. The number of aryl methyl sites for hydroxylation is 1. The maximum absolute atomic E-state index is 6.11. The molecule has 0 saturated heterocycles. The van der Waals surface area contributed by atoms with Crippen molar-refractivity contribution in [3.8, 4) is 45.2 Å². The molecule has 0 bridgehead atoms. The lowest BCUT2D eigenvalue weighted by Crippen LogP contribution is -2.11. The van der Waals surface area contributed by atoms with E-state index in [9.17, 15) is 0 Å². The Kier molecular flexibility index (Phi) is 11.3. The monoisotopic (exact) mass is 916 g/mol. The van der Waals surface area contributed by atoms with Crippen LogP contribution in [0.15, 0.2) is 234 Å². The molecule has 0 atom stereocenters. The zero-order valence-electron chi connectivity index (χ0n) is 39.2. The Balaban J connectivity index is 0.813. The van der Waals surface area contributed by atoms with E-state index >= 15 is 0 Å². The number of aromatic nitrogens is 2. The summed E-state index contributed by atoms with van der Waals surface area (Å²) in [5.74, 6) is 1.83. The zero-order chi connectivity index (χ0) is 47.7. The topological polar surface area (TPSA) is 58.5 Å². The number of para-hydroxylation sites is 2. The van der Waals surface area contributed by atoms with Gasteiger partial charge in [0.1, 0.15) is 11.2 Å². The van der Waals surface area contributed by atoms with Gasteiger partial charge in [0.05, 0.1) is 0 Å². The van der Waals surface area contributed by atoms with Crippen LogP contribution in [0.2, 0.25) is 0 Å². The van der Waals surface area contributed by atoms with E-state index in [0.29, 0.717) is 17.5 Å². The summed E-state index contributed by atoms with van der Waals surface area (Å²) in [5.41, 5.74) is 17.9. The lowest BCUT2D eigenvalue weighted by Gasteiger charge is -2.27. The summed E-state index contributed by atoms with van der Waals surface area (Å²) in [6.45, 7) is 5.88. The quantitative estimate of drug-likeness (QED) is 0.122. The van der Waals surface area contributed by atoms with E-state index in [1.54, 1.807) is 6.08 Å². The van der Waals surface area contributed by atoms with Gasteiger partial charge >= 0.3 is 0 Å². The Labute approximate surface area is 413 Å². The molecule has 12 rings (SSSR count). The first-order valence-electron chi connectivity index (χ1n) is 24.1. The molecule has 1 aliphatic carbocycles. The van der Waals surface area contributed by atoms with Crippen molar-refractivity contribution in [1.82, 2.24) is 9.97 Å². The molecular weight excluding hydrogens is 869 g/mol. The number of rotatable bonds is 12. The molecule has 9 aromatic carbocycles. The molecule has 0 saturated carbocycles. The highest BCUT2D eigenvalue weighted by Crippen LogP contribution is 2.41. The average molecular weight is 917 g/mol. The molecule has 6 heteroatoms. The number of allylic oxidation sites excluding steroid dienone is 2.